The SMILES string of the molecule is CCC(=O)Nc1c(C)nn(-c2ccccc2)c1N1CCC(C(=O)NCc2ccc(F)cc2)CC1. The van der Waals surface area contributed by atoms with Gasteiger partial charge in [0.15, 0.2) is 5.82 Å². The predicted molar refractivity (Wildman–Crippen MR) is 130 cm³/mol. The van der Waals surface area contributed by atoms with E-state index >= 15 is 0 Å². The van der Waals surface area contributed by atoms with E-state index in [1.165, 1.54) is 12.1 Å². The van der Waals surface area contributed by atoms with Crippen LogP contribution in [-0.2, 0) is 16.1 Å². The lowest BCUT2D eigenvalue weighted by molar-refractivity contribution is -0.125. The Kier molecular flexibility index (Phi) is 7.25. The Morgan fingerprint density at radius 3 is 2.38 bits per heavy atom. The van der Waals surface area contributed by atoms with Crippen molar-refractivity contribution >= 4 is 23.3 Å². The number of anilines is 2. The maximum atomic E-state index is 13.1. The standard InChI is InChI=1S/C26H30FN5O2/c1-3-23(33)29-24-18(2)30-32(22-7-5-4-6-8-22)26(24)31-15-13-20(14-16-31)25(34)28-17-19-9-11-21(27)12-10-19/h4-12,20H,3,13-17H2,1-2H3,(H,28,34)(H,29,33). The number of nitrogens with zero attached hydrogens (tertiary/aromatic N) is 3. The van der Waals surface area contributed by atoms with Crippen molar-refractivity contribution in [1.29, 1.82) is 0 Å². The van der Waals surface area contributed by atoms with Crippen molar-refractivity contribution in [3.05, 3.63) is 71.7 Å². The Morgan fingerprint density at radius 1 is 1.06 bits per heavy atom. The second kappa shape index (κ2) is 10.5. The molecule has 34 heavy (non-hydrogen) atoms. The van der Waals surface area contributed by atoms with Crippen molar-refractivity contribution in [2.24, 2.45) is 5.92 Å². The molecule has 0 bridgehead atoms. The van der Waals surface area contributed by atoms with E-state index in [4.69, 9.17) is 5.10 Å². The summed E-state index contributed by atoms with van der Waals surface area (Å²) in [6.45, 7) is 5.43. The Morgan fingerprint density at radius 2 is 1.74 bits per heavy atom. The Labute approximate surface area is 199 Å². The molecule has 3 aromatic rings. The molecular formula is C26H30FN5O2. The summed E-state index contributed by atoms with van der Waals surface area (Å²) in [6.07, 6.45) is 1.76. The first-order valence-electron chi connectivity index (χ1n) is 11.7. The lowest BCUT2D eigenvalue weighted by atomic mass is 9.95. The largest absolute Gasteiger partial charge is 0.355 e. The molecule has 0 radical (unpaired) electrons. The van der Waals surface area contributed by atoms with Gasteiger partial charge in [0.1, 0.15) is 11.5 Å². The number of hydrogen-bond acceptors (Lipinski definition) is 4. The van der Waals surface area contributed by atoms with Crippen LogP contribution in [-0.4, -0.2) is 34.7 Å². The molecule has 8 heteroatoms. The van der Waals surface area contributed by atoms with E-state index in [2.05, 4.69) is 15.5 Å². The molecular weight excluding hydrogens is 433 g/mol. The van der Waals surface area contributed by atoms with Crippen LogP contribution >= 0.6 is 0 Å². The van der Waals surface area contributed by atoms with Crippen LogP contribution in [0.25, 0.3) is 5.69 Å². The zero-order valence-corrected chi connectivity index (χ0v) is 19.6. The summed E-state index contributed by atoms with van der Waals surface area (Å²) in [4.78, 5) is 27.2. The predicted octanol–water partition coefficient (Wildman–Crippen LogP) is 4.20. The highest BCUT2D eigenvalue weighted by molar-refractivity contribution is 5.94. The number of halogens is 1. The molecule has 0 aliphatic carbocycles. The Hall–Kier alpha value is -3.68. The second-order valence-corrected chi connectivity index (χ2v) is 8.54. The molecule has 2 N–H and O–H groups in total. The van der Waals surface area contributed by atoms with Crippen LogP contribution in [0.5, 0.6) is 0 Å². The second-order valence-electron chi connectivity index (χ2n) is 8.54. The van der Waals surface area contributed by atoms with Gasteiger partial charge in [0.05, 0.1) is 11.4 Å². The van der Waals surface area contributed by atoms with Crippen molar-refractivity contribution in [2.45, 2.75) is 39.7 Å². The molecule has 0 unspecified atom stereocenters. The summed E-state index contributed by atoms with van der Waals surface area (Å²) >= 11 is 0. The highest BCUT2D eigenvalue weighted by Gasteiger charge is 2.30. The smallest absolute Gasteiger partial charge is 0.224 e. The zero-order chi connectivity index (χ0) is 24.1. The van der Waals surface area contributed by atoms with Gasteiger partial charge in [-0.05, 0) is 49.6 Å². The van der Waals surface area contributed by atoms with Gasteiger partial charge in [-0.25, -0.2) is 9.07 Å². The topological polar surface area (TPSA) is 79.3 Å². The lowest BCUT2D eigenvalue weighted by Gasteiger charge is -2.33. The van der Waals surface area contributed by atoms with Crippen LogP contribution in [0.15, 0.2) is 54.6 Å². The van der Waals surface area contributed by atoms with Crippen molar-refractivity contribution in [1.82, 2.24) is 15.1 Å². The van der Waals surface area contributed by atoms with E-state index in [0.717, 1.165) is 28.5 Å². The summed E-state index contributed by atoms with van der Waals surface area (Å²) in [6, 6.07) is 16.0. The molecule has 1 aromatic heterocycles. The minimum Gasteiger partial charge on any atom is -0.355 e. The average molecular weight is 464 g/mol. The van der Waals surface area contributed by atoms with Gasteiger partial charge in [-0.2, -0.15) is 5.10 Å². The maximum absolute atomic E-state index is 13.1. The maximum Gasteiger partial charge on any atom is 0.224 e. The molecule has 2 aromatic carbocycles. The lowest BCUT2D eigenvalue weighted by Crippen LogP contribution is -2.41. The molecule has 7 nitrogen and oxygen atoms in total. The monoisotopic (exact) mass is 463 g/mol. The van der Waals surface area contributed by atoms with Crippen molar-refractivity contribution in [3.8, 4) is 5.69 Å². The Bertz CT molecular complexity index is 1140. The first-order chi connectivity index (χ1) is 16.5. The number of aromatic nitrogens is 2. The molecule has 0 atom stereocenters. The summed E-state index contributed by atoms with van der Waals surface area (Å²) in [5.74, 6) is 0.403. The minimum absolute atomic E-state index is 0.0104. The van der Waals surface area contributed by atoms with Crippen LogP contribution in [0.3, 0.4) is 0 Å². The average Bonchev–Trinajstić information content (AvgIpc) is 3.19. The number of nitrogens with one attached hydrogen (secondary N) is 2. The fraction of sp³-hybridized carbons (Fsp3) is 0.346. The fourth-order valence-corrected chi connectivity index (χ4v) is 4.22. The van der Waals surface area contributed by atoms with Gasteiger partial charge in [-0.15, -0.1) is 0 Å². The minimum atomic E-state index is -0.290. The first-order valence-corrected chi connectivity index (χ1v) is 11.7. The summed E-state index contributed by atoms with van der Waals surface area (Å²) in [5.41, 5.74) is 3.25. The first kappa shape index (κ1) is 23.5. The molecule has 178 valence electrons. The van der Waals surface area contributed by atoms with Crippen molar-refractivity contribution < 1.29 is 14.0 Å². The van der Waals surface area contributed by atoms with Crippen molar-refractivity contribution in [3.63, 3.8) is 0 Å². The van der Waals surface area contributed by atoms with Gasteiger partial charge in [0, 0.05) is 32.0 Å². The number of carbonyl (C=O) groups is 2. The summed E-state index contributed by atoms with van der Waals surface area (Å²) in [5, 5.41) is 10.7. The molecule has 0 spiro atoms. The van der Waals surface area contributed by atoms with Crippen LogP contribution in [0.2, 0.25) is 0 Å². The molecule has 2 heterocycles. The highest BCUT2D eigenvalue weighted by Crippen LogP contribution is 2.35. The number of benzene rings is 2. The number of hydrogen-bond donors (Lipinski definition) is 2. The van der Waals surface area contributed by atoms with Gasteiger partial charge in [-0.1, -0.05) is 37.3 Å². The third-order valence-electron chi connectivity index (χ3n) is 6.17. The number of carbonyl (C=O) groups excluding carboxylic acids is 2. The van der Waals surface area contributed by atoms with Gasteiger partial charge in [0.25, 0.3) is 0 Å². The Balaban J connectivity index is 1.48. The van der Waals surface area contributed by atoms with Crippen LogP contribution in [0, 0.1) is 18.7 Å². The van der Waals surface area contributed by atoms with Gasteiger partial charge >= 0.3 is 0 Å². The van der Waals surface area contributed by atoms with E-state index in [1.807, 2.05) is 48.9 Å². The van der Waals surface area contributed by atoms with Crippen LogP contribution in [0.1, 0.15) is 37.4 Å². The summed E-state index contributed by atoms with van der Waals surface area (Å²) < 4.78 is 15.0. The number of para-hydroxylation sites is 1. The molecule has 1 fully saturated rings. The molecule has 1 aliphatic heterocycles. The number of piperidine rings is 1. The quantitative estimate of drug-likeness (QED) is 0.550. The fourth-order valence-electron chi connectivity index (χ4n) is 4.22. The number of rotatable bonds is 7. The molecule has 4 rings (SSSR count). The van der Waals surface area contributed by atoms with Gasteiger partial charge < -0.3 is 15.5 Å². The van der Waals surface area contributed by atoms with E-state index in [9.17, 15) is 14.0 Å². The number of amides is 2. The molecule has 2 amide bonds. The van der Waals surface area contributed by atoms with Crippen LogP contribution < -0.4 is 15.5 Å². The molecule has 0 saturated carbocycles. The summed E-state index contributed by atoms with van der Waals surface area (Å²) in [7, 11) is 0. The molecule has 1 saturated heterocycles. The van der Waals surface area contributed by atoms with E-state index in [1.54, 1.807) is 12.1 Å². The van der Waals surface area contributed by atoms with Crippen molar-refractivity contribution in [2.75, 3.05) is 23.3 Å². The highest BCUT2D eigenvalue weighted by atomic mass is 19.1. The molecule has 1 aliphatic rings. The third-order valence-corrected chi connectivity index (χ3v) is 6.17. The normalized spacial score (nSPS) is 14.1. The van der Waals surface area contributed by atoms with Crippen LogP contribution in [0.4, 0.5) is 15.9 Å². The number of aryl methyl sites for hydroxylation is 1. The zero-order valence-electron chi connectivity index (χ0n) is 19.6. The van der Waals surface area contributed by atoms with Gasteiger partial charge in [0.2, 0.25) is 11.8 Å². The van der Waals surface area contributed by atoms with E-state index in [-0.39, 0.29) is 23.5 Å². The third kappa shape index (κ3) is 5.27. The van der Waals surface area contributed by atoms with Gasteiger partial charge in [-0.3, -0.25) is 9.59 Å². The van der Waals surface area contributed by atoms with E-state index < -0.39 is 0 Å². The van der Waals surface area contributed by atoms with E-state index in [0.29, 0.717) is 38.9 Å².